The molecule has 1 aliphatic heterocycles. The summed E-state index contributed by atoms with van der Waals surface area (Å²) in [6.07, 6.45) is 2.25. The van der Waals surface area contributed by atoms with Gasteiger partial charge in [-0.1, -0.05) is 12.1 Å². The van der Waals surface area contributed by atoms with Gasteiger partial charge in [-0.05, 0) is 24.1 Å². The van der Waals surface area contributed by atoms with E-state index in [0.717, 1.165) is 17.0 Å². The van der Waals surface area contributed by atoms with Crippen LogP contribution in [0.3, 0.4) is 0 Å². The zero-order valence-corrected chi connectivity index (χ0v) is 17.7. The molecule has 10 heteroatoms. The van der Waals surface area contributed by atoms with Crippen molar-refractivity contribution in [2.45, 2.75) is 31.3 Å². The molecule has 0 saturated heterocycles. The van der Waals surface area contributed by atoms with Crippen molar-refractivity contribution in [2.24, 2.45) is 0 Å². The molecule has 166 valence electrons. The lowest BCUT2D eigenvalue weighted by Gasteiger charge is -2.36. The van der Waals surface area contributed by atoms with E-state index in [4.69, 9.17) is 9.47 Å². The number of aromatic amines is 1. The first-order chi connectivity index (χ1) is 15.0. The number of nitrogens with zero attached hydrogens (tertiary/aromatic N) is 2. The summed E-state index contributed by atoms with van der Waals surface area (Å²) in [6, 6.07) is 5.52. The Kier molecular flexibility index (Phi) is 7.11. The molecular formula is C21H26N4O6. The molecule has 2 amide bonds. The van der Waals surface area contributed by atoms with Crippen molar-refractivity contribution in [1.29, 1.82) is 0 Å². The number of fused-ring (bicyclic) bond motifs is 1. The highest BCUT2D eigenvalue weighted by Gasteiger charge is 2.36. The molecule has 0 spiro atoms. The standard InChI is InChI=1S/C21H26N4O6/c1-29-14-6-4-13(5-7-14)19-18-15(22-12-23-18)10-11-25(19)21(28)24-16(20(27)31-3)8-9-17(26)30-2/h4-7,12,16,19H,8-11H2,1-3H3,(H,22,23)(H,24,28)/t16-,19-/m1/s1. The second-order valence-corrected chi connectivity index (χ2v) is 7.03. The molecule has 2 N–H and O–H groups in total. The molecule has 0 radical (unpaired) electrons. The van der Waals surface area contributed by atoms with Crippen LogP contribution in [0.1, 0.15) is 35.8 Å². The second kappa shape index (κ2) is 9.96. The molecule has 31 heavy (non-hydrogen) atoms. The Bertz CT molecular complexity index is 926. The quantitative estimate of drug-likeness (QED) is 0.639. The number of nitrogens with one attached hydrogen (secondary N) is 2. The van der Waals surface area contributed by atoms with E-state index in [1.807, 2.05) is 24.3 Å². The van der Waals surface area contributed by atoms with Gasteiger partial charge in [0.2, 0.25) is 0 Å². The number of hydrogen-bond donors (Lipinski definition) is 2. The van der Waals surface area contributed by atoms with Crippen LogP contribution in [0.5, 0.6) is 5.75 Å². The number of carbonyl (C=O) groups is 3. The van der Waals surface area contributed by atoms with E-state index in [1.54, 1.807) is 18.3 Å². The minimum absolute atomic E-state index is 0.0258. The zero-order chi connectivity index (χ0) is 22.4. The lowest BCUT2D eigenvalue weighted by atomic mass is 9.96. The SMILES string of the molecule is COC(=O)CC[C@@H](NC(=O)N1CCc2[nH]cnc2[C@H]1c1ccc(OC)cc1)C(=O)OC. The molecule has 0 fully saturated rings. The number of urea groups is 1. The van der Waals surface area contributed by atoms with Gasteiger partial charge in [-0.25, -0.2) is 14.6 Å². The first-order valence-corrected chi connectivity index (χ1v) is 9.86. The summed E-state index contributed by atoms with van der Waals surface area (Å²) in [5.74, 6) is -0.402. The van der Waals surface area contributed by atoms with Gasteiger partial charge in [0.15, 0.2) is 0 Å². The van der Waals surface area contributed by atoms with Gasteiger partial charge >= 0.3 is 18.0 Å². The van der Waals surface area contributed by atoms with Crippen LogP contribution in [0.25, 0.3) is 0 Å². The van der Waals surface area contributed by atoms with Gasteiger partial charge in [-0.2, -0.15) is 0 Å². The van der Waals surface area contributed by atoms with Crippen molar-refractivity contribution in [1.82, 2.24) is 20.2 Å². The lowest BCUT2D eigenvalue weighted by Crippen LogP contribution is -2.51. The third-order valence-corrected chi connectivity index (χ3v) is 5.27. The fraction of sp³-hybridized carbons (Fsp3) is 0.429. The molecule has 0 aliphatic carbocycles. The topological polar surface area (TPSA) is 123 Å². The van der Waals surface area contributed by atoms with Gasteiger partial charge in [0.05, 0.1) is 33.4 Å². The Morgan fingerprint density at radius 3 is 2.58 bits per heavy atom. The van der Waals surface area contributed by atoms with Crippen LogP contribution in [-0.2, 0) is 25.5 Å². The Morgan fingerprint density at radius 2 is 1.94 bits per heavy atom. The number of carbonyl (C=O) groups excluding carboxylic acids is 3. The Hall–Kier alpha value is -3.56. The highest BCUT2D eigenvalue weighted by Crippen LogP contribution is 2.34. The molecule has 2 atom stereocenters. The van der Waals surface area contributed by atoms with Crippen LogP contribution in [0.15, 0.2) is 30.6 Å². The number of aromatic nitrogens is 2. The molecular weight excluding hydrogens is 404 g/mol. The number of hydrogen-bond acceptors (Lipinski definition) is 7. The fourth-order valence-electron chi connectivity index (χ4n) is 3.61. The number of methoxy groups -OCH3 is 3. The molecule has 1 aromatic heterocycles. The summed E-state index contributed by atoms with van der Waals surface area (Å²) in [6.45, 7) is 0.419. The molecule has 1 aliphatic rings. The van der Waals surface area contributed by atoms with Gasteiger partial charge in [-0.3, -0.25) is 4.79 Å². The number of amides is 2. The molecule has 1 aromatic carbocycles. The minimum atomic E-state index is -0.978. The molecule has 0 saturated carbocycles. The van der Waals surface area contributed by atoms with Crippen LogP contribution in [0.2, 0.25) is 0 Å². The summed E-state index contributed by atoms with van der Waals surface area (Å²) in [5, 5.41) is 2.70. The van der Waals surface area contributed by atoms with Crippen LogP contribution in [0, 0.1) is 0 Å². The van der Waals surface area contributed by atoms with Gasteiger partial charge in [-0.15, -0.1) is 0 Å². The monoisotopic (exact) mass is 430 g/mol. The Labute approximate surface area is 179 Å². The van der Waals surface area contributed by atoms with E-state index < -0.39 is 30.1 Å². The van der Waals surface area contributed by atoms with E-state index in [-0.39, 0.29) is 12.8 Å². The normalized spacial score (nSPS) is 16.1. The number of ether oxygens (including phenoxy) is 3. The lowest BCUT2D eigenvalue weighted by molar-refractivity contribution is -0.144. The summed E-state index contributed by atoms with van der Waals surface area (Å²) in [4.78, 5) is 46.1. The summed E-state index contributed by atoms with van der Waals surface area (Å²) < 4.78 is 14.6. The van der Waals surface area contributed by atoms with E-state index in [1.165, 1.54) is 14.2 Å². The first-order valence-electron chi connectivity index (χ1n) is 9.86. The molecule has 3 rings (SSSR count). The minimum Gasteiger partial charge on any atom is -0.497 e. The molecule has 0 bridgehead atoms. The second-order valence-electron chi connectivity index (χ2n) is 7.03. The summed E-state index contributed by atoms with van der Waals surface area (Å²) >= 11 is 0. The Balaban J connectivity index is 1.84. The number of benzene rings is 1. The number of rotatable bonds is 7. The Morgan fingerprint density at radius 1 is 1.19 bits per heavy atom. The summed E-state index contributed by atoms with van der Waals surface area (Å²) in [7, 11) is 4.09. The van der Waals surface area contributed by atoms with E-state index >= 15 is 0 Å². The van der Waals surface area contributed by atoms with Crippen molar-refractivity contribution in [3.63, 3.8) is 0 Å². The van der Waals surface area contributed by atoms with Crippen molar-refractivity contribution in [2.75, 3.05) is 27.9 Å². The average Bonchev–Trinajstić information content (AvgIpc) is 3.29. The third-order valence-electron chi connectivity index (χ3n) is 5.27. The van der Waals surface area contributed by atoms with E-state index in [0.29, 0.717) is 18.7 Å². The van der Waals surface area contributed by atoms with Crippen molar-refractivity contribution < 1.29 is 28.6 Å². The third kappa shape index (κ3) is 4.96. The van der Waals surface area contributed by atoms with Crippen LogP contribution in [-0.4, -0.2) is 66.8 Å². The van der Waals surface area contributed by atoms with Gasteiger partial charge in [0.1, 0.15) is 17.8 Å². The zero-order valence-electron chi connectivity index (χ0n) is 17.7. The van der Waals surface area contributed by atoms with Crippen molar-refractivity contribution in [3.05, 3.63) is 47.5 Å². The maximum atomic E-state index is 13.2. The highest BCUT2D eigenvalue weighted by molar-refractivity contribution is 5.84. The van der Waals surface area contributed by atoms with Gasteiger partial charge in [0, 0.05) is 25.1 Å². The largest absolute Gasteiger partial charge is 0.497 e. The van der Waals surface area contributed by atoms with Crippen LogP contribution >= 0.6 is 0 Å². The predicted octanol–water partition coefficient (Wildman–Crippen LogP) is 1.57. The van der Waals surface area contributed by atoms with E-state index in [9.17, 15) is 14.4 Å². The average molecular weight is 430 g/mol. The summed E-state index contributed by atoms with van der Waals surface area (Å²) in [5.41, 5.74) is 2.56. The number of H-pyrrole nitrogens is 1. The predicted molar refractivity (Wildman–Crippen MR) is 109 cm³/mol. The smallest absolute Gasteiger partial charge is 0.328 e. The van der Waals surface area contributed by atoms with Crippen molar-refractivity contribution in [3.8, 4) is 5.75 Å². The van der Waals surface area contributed by atoms with Crippen LogP contribution in [0.4, 0.5) is 4.79 Å². The maximum Gasteiger partial charge on any atom is 0.328 e. The van der Waals surface area contributed by atoms with Crippen molar-refractivity contribution >= 4 is 18.0 Å². The number of esters is 2. The first kappa shape index (κ1) is 22.1. The van der Waals surface area contributed by atoms with Crippen LogP contribution < -0.4 is 10.1 Å². The van der Waals surface area contributed by atoms with Gasteiger partial charge < -0.3 is 29.4 Å². The highest BCUT2D eigenvalue weighted by atomic mass is 16.5. The number of imidazole rings is 1. The molecule has 0 unspecified atom stereocenters. The van der Waals surface area contributed by atoms with Gasteiger partial charge in [0.25, 0.3) is 0 Å². The molecule has 2 aromatic rings. The fourth-order valence-corrected chi connectivity index (χ4v) is 3.61. The molecule has 10 nitrogen and oxygen atoms in total. The van der Waals surface area contributed by atoms with E-state index in [2.05, 4.69) is 20.0 Å². The molecule has 2 heterocycles. The maximum absolute atomic E-state index is 13.2.